The van der Waals surface area contributed by atoms with Gasteiger partial charge in [-0.2, -0.15) is 0 Å². The molecule has 0 aliphatic heterocycles. The van der Waals surface area contributed by atoms with Gasteiger partial charge in [-0.15, -0.1) is 0 Å². The van der Waals surface area contributed by atoms with Crippen molar-refractivity contribution in [3.05, 3.63) is 60.3 Å². The molecule has 0 saturated heterocycles. The van der Waals surface area contributed by atoms with Crippen molar-refractivity contribution in [1.29, 1.82) is 0 Å². The molecule has 2 aromatic carbocycles. The van der Waals surface area contributed by atoms with Crippen LogP contribution >= 0.6 is 0 Å². The zero-order valence-corrected chi connectivity index (χ0v) is 14.4. The van der Waals surface area contributed by atoms with Crippen molar-refractivity contribution in [2.45, 2.75) is 34.6 Å². The quantitative estimate of drug-likeness (QED) is 0.521. The van der Waals surface area contributed by atoms with Gasteiger partial charge in [0.05, 0.1) is 5.52 Å². The first kappa shape index (κ1) is 17.8. The van der Waals surface area contributed by atoms with Gasteiger partial charge in [0.15, 0.2) is 0 Å². The molecule has 0 bridgehead atoms. The molecule has 0 fully saturated rings. The maximum atomic E-state index is 3.88. The van der Waals surface area contributed by atoms with Crippen LogP contribution in [0.5, 0.6) is 0 Å². The highest BCUT2D eigenvalue weighted by atomic mass is 14.7. The van der Waals surface area contributed by atoms with Gasteiger partial charge in [-0.3, -0.25) is 0 Å². The maximum absolute atomic E-state index is 3.88. The predicted molar refractivity (Wildman–Crippen MR) is 103 cm³/mol. The number of H-pyrrole nitrogens is 1. The Kier molecular flexibility index (Phi) is 7.18. The minimum absolute atomic E-state index is 1.08. The molecule has 22 heavy (non-hydrogen) atoms. The van der Waals surface area contributed by atoms with Gasteiger partial charge in [-0.25, -0.2) is 0 Å². The van der Waals surface area contributed by atoms with Crippen LogP contribution in [-0.4, -0.2) is 4.98 Å². The van der Waals surface area contributed by atoms with E-state index in [2.05, 4.69) is 60.1 Å². The lowest BCUT2D eigenvalue weighted by Gasteiger charge is -1.99. The lowest BCUT2D eigenvalue weighted by atomic mass is 10.0. The standard InChI is InChI=1S/C17H15N.2C2H6/c1-3-7-14-15-11-10-12-8-5-6-9-13(12)17(15)18-16(14)4-2;2*1-2/h3-11,18H,2H2,1H3;2*1-2H3/b7-3-;;. The molecule has 0 spiro atoms. The summed E-state index contributed by atoms with van der Waals surface area (Å²) < 4.78 is 0. The molecular formula is C21H27N. The largest absolute Gasteiger partial charge is 0.354 e. The van der Waals surface area contributed by atoms with Crippen molar-refractivity contribution in [3.8, 4) is 0 Å². The van der Waals surface area contributed by atoms with E-state index in [1.54, 1.807) is 0 Å². The summed E-state index contributed by atoms with van der Waals surface area (Å²) in [6.45, 7) is 13.9. The number of nitrogens with one attached hydrogen (secondary N) is 1. The maximum Gasteiger partial charge on any atom is 0.0544 e. The summed E-state index contributed by atoms with van der Waals surface area (Å²) in [5, 5.41) is 3.77. The monoisotopic (exact) mass is 293 g/mol. The number of hydrogen-bond acceptors (Lipinski definition) is 0. The van der Waals surface area contributed by atoms with Gasteiger partial charge in [0.1, 0.15) is 0 Å². The van der Waals surface area contributed by atoms with Gasteiger partial charge >= 0.3 is 0 Å². The van der Waals surface area contributed by atoms with Crippen molar-refractivity contribution in [2.75, 3.05) is 0 Å². The van der Waals surface area contributed by atoms with Gasteiger partial charge in [-0.1, -0.05) is 82.8 Å². The second-order valence-electron chi connectivity index (χ2n) is 4.37. The highest BCUT2D eigenvalue weighted by Crippen LogP contribution is 2.30. The normalized spacial score (nSPS) is 10.0. The van der Waals surface area contributed by atoms with Crippen LogP contribution in [0.3, 0.4) is 0 Å². The fourth-order valence-corrected chi connectivity index (χ4v) is 2.48. The second-order valence-corrected chi connectivity index (χ2v) is 4.37. The van der Waals surface area contributed by atoms with Crippen LogP contribution in [0.25, 0.3) is 33.8 Å². The Hall–Kier alpha value is -2.28. The molecule has 3 aromatic rings. The fourth-order valence-electron chi connectivity index (χ4n) is 2.48. The third kappa shape index (κ3) is 3.30. The summed E-state index contributed by atoms with van der Waals surface area (Å²) in [7, 11) is 0. The van der Waals surface area contributed by atoms with E-state index in [1.807, 2.05) is 40.7 Å². The lowest BCUT2D eigenvalue weighted by molar-refractivity contribution is 1.43. The van der Waals surface area contributed by atoms with Crippen LogP contribution in [-0.2, 0) is 0 Å². The van der Waals surface area contributed by atoms with Crippen molar-refractivity contribution in [2.24, 2.45) is 0 Å². The van der Waals surface area contributed by atoms with Crippen LogP contribution in [0.1, 0.15) is 45.9 Å². The third-order valence-corrected chi connectivity index (χ3v) is 3.31. The minimum Gasteiger partial charge on any atom is -0.354 e. The van der Waals surface area contributed by atoms with Gasteiger partial charge < -0.3 is 4.98 Å². The van der Waals surface area contributed by atoms with Gasteiger partial charge in [-0.05, 0) is 18.4 Å². The first-order chi connectivity index (χ1) is 10.8. The average molecular weight is 293 g/mol. The van der Waals surface area contributed by atoms with Crippen molar-refractivity contribution < 1.29 is 0 Å². The van der Waals surface area contributed by atoms with E-state index in [0.717, 1.165) is 5.69 Å². The van der Waals surface area contributed by atoms with E-state index >= 15 is 0 Å². The Morgan fingerprint density at radius 1 is 0.909 bits per heavy atom. The molecule has 0 radical (unpaired) electrons. The highest BCUT2D eigenvalue weighted by Gasteiger charge is 2.08. The van der Waals surface area contributed by atoms with Crippen molar-refractivity contribution in [1.82, 2.24) is 4.98 Å². The number of fused-ring (bicyclic) bond motifs is 3. The molecular weight excluding hydrogens is 266 g/mol. The Balaban J connectivity index is 0.000000561. The number of hydrogen-bond donors (Lipinski definition) is 1. The molecule has 0 aliphatic carbocycles. The molecule has 1 heterocycles. The smallest absolute Gasteiger partial charge is 0.0544 e. The van der Waals surface area contributed by atoms with E-state index in [4.69, 9.17) is 0 Å². The van der Waals surface area contributed by atoms with E-state index in [0.29, 0.717) is 0 Å². The molecule has 1 heteroatoms. The molecule has 0 atom stereocenters. The topological polar surface area (TPSA) is 15.8 Å². The zero-order valence-electron chi connectivity index (χ0n) is 14.4. The zero-order chi connectivity index (χ0) is 16.5. The minimum atomic E-state index is 1.08. The predicted octanol–water partition coefficient (Wildman–Crippen LogP) is 7.05. The van der Waals surface area contributed by atoms with Crippen LogP contribution in [0.15, 0.2) is 49.1 Å². The fraction of sp³-hybridized carbons (Fsp3) is 0.238. The van der Waals surface area contributed by atoms with E-state index in [-0.39, 0.29) is 0 Å². The Labute approximate surface area is 134 Å². The molecule has 1 nitrogen and oxygen atoms in total. The SMILES string of the molecule is C=Cc1[nH]c2c(ccc3ccccc32)c1/C=C\C.CC.CC. The third-order valence-electron chi connectivity index (χ3n) is 3.31. The van der Waals surface area contributed by atoms with Crippen molar-refractivity contribution >= 4 is 33.8 Å². The average Bonchev–Trinajstić information content (AvgIpc) is 2.97. The van der Waals surface area contributed by atoms with Crippen molar-refractivity contribution in [3.63, 3.8) is 0 Å². The van der Waals surface area contributed by atoms with Crippen LogP contribution in [0.2, 0.25) is 0 Å². The molecule has 1 aromatic heterocycles. The Morgan fingerprint density at radius 2 is 1.59 bits per heavy atom. The molecule has 0 amide bonds. The molecule has 1 N–H and O–H groups in total. The van der Waals surface area contributed by atoms with Gasteiger partial charge in [0, 0.05) is 22.0 Å². The number of benzene rings is 2. The van der Waals surface area contributed by atoms with E-state index < -0.39 is 0 Å². The summed E-state index contributed by atoms with van der Waals surface area (Å²) in [5.74, 6) is 0. The summed E-state index contributed by atoms with van der Waals surface area (Å²) in [6, 6.07) is 12.8. The first-order valence-electron chi connectivity index (χ1n) is 8.13. The van der Waals surface area contributed by atoms with Gasteiger partial charge in [0.2, 0.25) is 0 Å². The lowest BCUT2D eigenvalue weighted by Crippen LogP contribution is -1.74. The number of aromatic amines is 1. The van der Waals surface area contributed by atoms with Crippen LogP contribution in [0, 0.1) is 0 Å². The van der Waals surface area contributed by atoms with E-state index in [1.165, 1.54) is 27.2 Å². The number of rotatable bonds is 2. The van der Waals surface area contributed by atoms with Crippen LogP contribution in [0.4, 0.5) is 0 Å². The number of aromatic nitrogens is 1. The van der Waals surface area contributed by atoms with Crippen LogP contribution < -0.4 is 0 Å². The molecule has 0 saturated carbocycles. The summed E-state index contributed by atoms with van der Waals surface area (Å²) in [6.07, 6.45) is 6.07. The summed E-state index contributed by atoms with van der Waals surface area (Å²) in [5.41, 5.74) is 3.49. The molecule has 3 rings (SSSR count). The highest BCUT2D eigenvalue weighted by molar-refractivity contribution is 6.09. The van der Waals surface area contributed by atoms with E-state index in [9.17, 15) is 0 Å². The summed E-state index contributed by atoms with van der Waals surface area (Å²) >= 11 is 0. The Bertz CT molecular complexity index is 760. The first-order valence-corrected chi connectivity index (χ1v) is 8.13. The molecule has 116 valence electrons. The second kappa shape index (κ2) is 8.89. The number of allylic oxidation sites excluding steroid dienone is 1. The Morgan fingerprint density at radius 3 is 2.23 bits per heavy atom. The molecule has 0 unspecified atom stereocenters. The van der Waals surface area contributed by atoms with Gasteiger partial charge in [0.25, 0.3) is 0 Å². The summed E-state index contributed by atoms with van der Waals surface area (Å²) in [4.78, 5) is 3.47. The molecule has 0 aliphatic rings.